The van der Waals surface area contributed by atoms with E-state index in [2.05, 4.69) is 0 Å². The number of esters is 1. The van der Waals surface area contributed by atoms with E-state index in [0.717, 1.165) is 44.3 Å². The molecule has 0 amide bonds. The van der Waals surface area contributed by atoms with Gasteiger partial charge in [0.25, 0.3) is 0 Å². The quantitative estimate of drug-likeness (QED) is 0.201. The van der Waals surface area contributed by atoms with Crippen LogP contribution in [0.5, 0.6) is 17.2 Å². The molecule has 2 aliphatic rings. The van der Waals surface area contributed by atoms with Gasteiger partial charge in [0.05, 0.1) is 6.61 Å². The smallest absolute Gasteiger partial charge is 0.348 e. The van der Waals surface area contributed by atoms with E-state index in [0.29, 0.717) is 34.8 Å². The molecule has 202 valence electrons. The van der Waals surface area contributed by atoms with Gasteiger partial charge in [-0.3, -0.25) is 4.79 Å². The molecule has 5 rings (SSSR count). The predicted molar refractivity (Wildman–Crippen MR) is 147 cm³/mol. The lowest BCUT2D eigenvalue weighted by Crippen LogP contribution is -2.44. The van der Waals surface area contributed by atoms with Gasteiger partial charge in [-0.1, -0.05) is 42.8 Å². The lowest BCUT2D eigenvalue weighted by molar-refractivity contribution is -0.169. The number of carbonyl (C=O) groups is 2. The van der Waals surface area contributed by atoms with Crippen LogP contribution in [0.15, 0.2) is 85.1 Å². The van der Waals surface area contributed by atoms with Crippen molar-refractivity contribution in [3.05, 3.63) is 102 Å². The van der Waals surface area contributed by atoms with Gasteiger partial charge in [-0.2, -0.15) is 0 Å². The van der Waals surface area contributed by atoms with Gasteiger partial charge in [0.2, 0.25) is 5.60 Å². The Kier molecular flexibility index (Phi) is 7.98. The number of carbonyl (C=O) groups excluding carboxylic acids is 2. The second-order valence-electron chi connectivity index (χ2n) is 10.1. The maximum atomic E-state index is 13.7. The second kappa shape index (κ2) is 11.7. The summed E-state index contributed by atoms with van der Waals surface area (Å²) >= 11 is 0. The van der Waals surface area contributed by atoms with Gasteiger partial charge < -0.3 is 24.2 Å². The normalized spacial score (nSPS) is 16.3. The number of para-hydroxylation sites is 2. The summed E-state index contributed by atoms with van der Waals surface area (Å²) in [6.07, 6.45) is 8.03. The van der Waals surface area contributed by atoms with Gasteiger partial charge in [-0.15, -0.1) is 0 Å². The molecule has 1 fully saturated rings. The maximum absolute atomic E-state index is 13.7. The van der Waals surface area contributed by atoms with Crippen molar-refractivity contribution in [2.45, 2.75) is 37.4 Å². The summed E-state index contributed by atoms with van der Waals surface area (Å²) in [5.41, 5.74) is -0.591. The third kappa shape index (κ3) is 5.68. The third-order valence-electron chi connectivity index (χ3n) is 7.40. The monoisotopic (exact) mass is 527 g/mol. The summed E-state index contributed by atoms with van der Waals surface area (Å²) in [5, 5.41) is 11.9. The van der Waals surface area contributed by atoms with Crippen LogP contribution in [-0.4, -0.2) is 48.6 Å². The minimum absolute atomic E-state index is 0.213. The Hall–Kier alpha value is -4.10. The molecule has 1 N–H and O–H groups in total. The number of aliphatic hydroxyl groups is 1. The van der Waals surface area contributed by atoms with Crippen molar-refractivity contribution in [2.24, 2.45) is 5.92 Å². The van der Waals surface area contributed by atoms with Gasteiger partial charge in [0.1, 0.15) is 29.6 Å². The van der Waals surface area contributed by atoms with E-state index in [1.807, 2.05) is 36.4 Å². The van der Waals surface area contributed by atoms with Crippen molar-refractivity contribution in [1.29, 1.82) is 0 Å². The lowest BCUT2D eigenvalue weighted by atomic mass is 9.80. The zero-order chi connectivity index (χ0) is 27.2. The van der Waals surface area contributed by atoms with Crippen LogP contribution in [0.1, 0.15) is 47.2 Å². The zero-order valence-corrected chi connectivity index (χ0v) is 22.0. The Morgan fingerprint density at radius 1 is 1.05 bits per heavy atom. The first-order valence-electron chi connectivity index (χ1n) is 13.4. The van der Waals surface area contributed by atoms with Crippen LogP contribution in [0.3, 0.4) is 0 Å². The topological polar surface area (TPSA) is 85.3 Å². The first kappa shape index (κ1) is 26.5. The SMILES string of the molecule is CN(/C=C/C(OC(=O)C1(O)c2ccccc2Oc2ccccc21)C1CCC1)CCCOc1ccc(C=O)cc1. The summed E-state index contributed by atoms with van der Waals surface area (Å²) < 4.78 is 17.8. The average Bonchev–Trinajstić information content (AvgIpc) is 2.93. The first-order valence-corrected chi connectivity index (χ1v) is 13.4. The lowest BCUT2D eigenvalue weighted by Gasteiger charge is -2.37. The van der Waals surface area contributed by atoms with Crippen LogP contribution in [-0.2, 0) is 15.1 Å². The van der Waals surface area contributed by atoms with E-state index in [4.69, 9.17) is 14.2 Å². The fourth-order valence-corrected chi connectivity index (χ4v) is 4.92. The van der Waals surface area contributed by atoms with Gasteiger partial charge in [0, 0.05) is 30.3 Å². The van der Waals surface area contributed by atoms with Crippen molar-refractivity contribution in [3.63, 3.8) is 0 Å². The Morgan fingerprint density at radius 2 is 1.69 bits per heavy atom. The van der Waals surface area contributed by atoms with Crippen LogP contribution in [0.25, 0.3) is 0 Å². The number of hydrogen-bond donors (Lipinski definition) is 1. The summed E-state index contributed by atoms with van der Waals surface area (Å²) in [4.78, 5) is 26.5. The van der Waals surface area contributed by atoms with E-state index in [1.54, 1.807) is 60.7 Å². The fourth-order valence-electron chi connectivity index (χ4n) is 4.92. The summed E-state index contributed by atoms with van der Waals surface area (Å²) in [5.74, 6) is 1.11. The molecule has 7 nitrogen and oxygen atoms in total. The van der Waals surface area contributed by atoms with Crippen LogP contribution in [0, 0.1) is 5.92 Å². The number of aldehydes is 1. The standard InChI is InChI=1S/C32H33NO6/c1-33(19-7-21-37-25-16-14-23(22-34)15-17-25)20-18-28(24-8-6-9-24)39-31(35)32(36)26-10-2-4-12-29(26)38-30-13-5-3-11-27(30)32/h2-5,10-18,20,22,24,28,36H,6-9,19,21H2,1H3/b20-18+. The highest BCUT2D eigenvalue weighted by Gasteiger charge is 2.49. The first-order chi connectivity index (χ1) is 19.0. The third-order valence-corrected chi connectivity index (χ3v) is 7.40. The van der Waals surface area contributed by atoms with Crippen LogP contribution in [0.4, 0.5) is 0 Å². The van der Waals surface area contributed by atoms with Crippen LogP contribution in [0.2, 0.25) is 0 Å². The Morgan fingerprint density at radius 3 is 2.28 bits per heavy atom. The largest absolute Gasteiger partial charge is 0.494 e. The number of rotatable bonds is 11. The van der Waals surface area contributed by atoms with E-state index in [-0.39, 0.29) is 5.92 Å². The van der Waals surface area contributed by atoms with Crippen molar-refractivity contribution in [3.8, 4) is 17.2 Å². The summed E-state index contributed by atoms with van der Waals surface area (Å²) in [6.45, 7) is 1.28. The number of nitrogens with zero attached hydrogens (tertiary/aromatic N) is 1. The maximum Gasteiger partial charge on any atom is 0.348 e. The molecule has 3 aromatic rings. The van der Waals surface area contributed by atoms with Crippen molar-refractivity contribution in [2.75, 3.05) is 20.2 Å². The van der Waals surface area contributed by atoms with Gasteiger partial charge >= 0.3 is 5.97 Å². The van der Waals surface area contributed by atoms with E-state index in [1.165, 1.54) is 0 Å². The molecule has 0 bridgehead atoms. The number of ether oxygens (including phenoxy) is 3. The molecule has 1 saturated carbocycles. The average molecular weight is 528 g/mol. The number of benzene rings is 3. The molecule has 0 aromatic heterocycles. The zero-order valence-electron chi connectivity index (χ0n) is 22.0. The van der Waals surface area contributed by atoms with E-state index in [9.17, 15) is 14.7 Å². The fraction of sp³-hybridized carbons (Fsp3) is 0.312. The molecule has 0 spiro atoms. The van der Waals surface area contributed by atoms with Gasteiger partial charge in [0.15, 0.2) is 0 Å². The molecule has 3 aromatic carbocycles. The molecule has 1 heterocycles. The van der Waals surface area contributed by atoms with E-state index >= 15 is 0 Å². The molecule has 7 heteroatoms. The number of hydrogen-bond acceptors (Lipinski definition) is 7. The molecular weight excluding hydrogens is 494 g/mol. The van der Waals surface area contributed by atoms with Crippen LogP contribution >= 0.6 is 0 Å². The second-order valence-corrected chi connectivity index (χ2v) is 10.1. The summed E-state index contributed by atoms with van der Waals surface area (Å²) in [7, 11) is 1.97. The predicted octanol–water partition coefficient (Wildman–Crippen LogP) is 5.47. The Bertz CT molecular complexity index is 1280. The minimum atomic E-state index is -1.96. The van der Waals surface area contributed by atoms with Crippen molar-refractivity contribution >= 4 is 12.3 Å². The summed E-state index contributed by atoms with van der Waals surface area (Å²) in [6, 6.07) is 21.1. The minimum Gasteiger partial charge on any atom is -0.494 e. The highest BCUT2D eigenvalue weighted by molar-refractivity contribution is 5.88. The van der Waals surface area contributed by atoms with E-state index < -0.39 is 17.7 Å². The molecule has 39 heavy (non-hydrogen) atoms. The van der Waals surface area contributed by atoms with Gasteiger partial charge in [-0.05, 0) is 73.9 Å². The highest BCUT2D eigenvalue weighted by atomic mass is 16.6. The highest BCUT2D eigenvalue weighted by Crippen LogP contribution is 2.47. The molecule has 1 unspecified atom stereocenters. The molecule has 1 aliphatic heterocycles. The number of fused-ring (bicyclic) bond motifs is 2. The van der Waals surface area contributed by atoms with Crippen molar-refractivity contribution in [1.82, 2.24) is 4.90 Å². The van der Waals surface area contributed by atoms with Gasteiger partial charge in [-0.25, -0.2) is 4.79 Å². The van der Waals surface area contributed by atoms with Crippen LogP contribution < -0.4 is 9.47 Å². The Balaban J connectivity index is 1.23. The van der Waals surface area contributed by atoms with Crippen molar-refractivity contribution < 1.29 is 28.9 Å². The molecule has 1 aliphatic carbocycles. The molecular formula is C32H33NO6. The Labute approximate surface area is 228 Å². The molecule has 0 radical (unpaired) electrons. The molecule has 1 atom stereocenters. The molecule has 0 saturated heterocycles.